The SMILES string of the molecule is CCN(CCNC(=O)/C=C/c1ccc(F)cc1[N+](=O)[O-])C(=O)OC(C)(C)C. The molecule has 8 nitrogen and oxygen atoms in total. The van der Waals surface area contributed by atoms with Crippen LogP contribution in [0.15, 0.2) is 24.3 Å². The monoisotopic (exact) mass is 381 g/mol. The number of hydrogen-bond donors (Lipinski definition) is 1. The van der Waals surface area contributed by atoms with Gasteiger partial charge in [-0.2, -0.15) is 0 Å². The zero-order valence-corrected chi connectivity index (χ0v) is 15.8. The summed E-state index contributed by atoms with van der Waals surface area (Å²) >= 11 is 0. The van der Waals surface area contributed by atoms with Crippen molar-refractivity contribution >= 4 is 23.8 Å². The molecule has 0 fully saturated rings. The summed E-state index contributed by atoms with van der Waals surface area (Å²) in [5.41, 5.74) is -0.929. The highest BCUT2D eigenvalue weighted by Crippen LogP contribution is 2.20. The van der Waals surface area contributed by atoms with E-state index in [0.29, 0.717) is 6.54 Å². The number of amides is 2. The first kappa shape index (κ1) is 22.1. The molecule has 0 aliphatic carbocycles. The molecule has 0 aliphatic heterocycles. The number of halogens is 1. The molecule has 2 amide bonds. The first-order chi connectivity index (χ1) is 12.5. The van der Waals surface area contributed by atoms with Crippen molar-refractivity contribution in [2.75, 3.05) is 19.6 Å². The van der Waals surface area contributed by atoms with Gasteiger partial charge < -0.3 is 15.0 Å². The van der Waals surface area contributed by atoms with E-state index in [1.54, 1.807) is 27.7 Å². The third-order valence-corrected chi connectivity index (χ3v) is 3.32. The van der Waals surface area contributed by atoms with E-state index in [-0.39, 0.29) is 18.7 Å². The van der Waals surface area contributed by atoms with Gasteiger partial charge in [0.05, 0.1) is 16.6 Å². The van der Waals surface area contributed by atoms with Crippen LogP contribution in [0.25, 0.3) is 6.08 Å². The molecule has 0 saturated heterocycles. The molecule has 0 aliphatic rings. The zero-order valence-electron chi connectivity index (χ0n) is 15.8. The van der Waals surface area contributed by atoms with Crippen LogP contribution in [0, 0.1) is 15.9 Å². The normalized spacial score (nSPS) is 11.3. The Kier molecular flexibility index (Phi) is 7.89. The first-order valence-electron chi connectivity index (χ1n) is 8.41. The predicted molar refractivity (Wildman–Crippen MR) is 98.6 cm³/mol. The Labute approximate surface area is 157 Å². The van der Waals surface area contributed by atoms with Gasteiger partial charge in [-0.1, -0.05) is 0 Å². The fraction of sp³-hybridized carbons (Fsp3) is 0.444. The van der Waals surface area contributed by atoms with Gasteiger partial charge in [-0.3, -0.25) is 14.9 Å². The van der Waals surface area contributed by atoms with Crippen LogP contribution in [0.3, 0.4) is 0 Å². The molecule has 0 atom stereocenters. The predicted octanol–water partition coefficient (Wildman–Crippen LogP) is 3.12. The number of nitrogens with zero attached hydrogens (tertiary/aromatic N) is 2. The maximum atomic E-state index is 13.1. The molecule has 148 valence electrons. The van der Waals surface area contributed by atoms with Crippen LogP contribution in [0.2, 0.25) is 0 Å². The second kappa shape index (κ2) is 9.65. The van der Waals surface area contributed by atoms with E-state index in [2.05, 4.69) is 5.32 Å². The Hall–Kier alpha value is -2.97. The zero-order chi connectivity index (χ0) is 20.6. The summed E-state index contributed by atoms with van der Waals surface area (Å²) in [6, 6.07) is 3.08. The Morgan fingerprint density at radius 1 is 1.37 bits per heavy atom. The van der Waals surface area contributed by atoms with Crippen molar-refractivity contribution in [2.24, 2.45) is 0 Å². The van der Waals surface area contributed by atoms with Crippen molar-refractivity contribution in [2.45, 2.75) is 33.3 Å². The minimum atomic E-state index is -0.731. The lowest BCUT2D eigenvalue weighted by Crippen LogP contribution is -2.41. The summed E-state index contributed by atoms with van der Waals surface area (Å²) < 4.78 is 18.4. The molecule has 0 saturated carbocycles. The number of nitrogens with one attached hydrogen (secondary N) is 1. The number of likely N-dealkylation sites (N-methyl/N-ethyl adjacent to an activating group) is 1. The van der Waals surface area contributed by atoms with Gasteiger partial charge in [-0.05, 0) is 45.9 Å². The van der Waals surface area contributed by atoms with Crippen molar-refractivity contribution in [1.29, 1.82) is 0 Å². The third kappa shape index (κ3) is 7.85. The number of carbonyl (C=O) groups is 2. The standard InChI is InChI=1S/C18H24FN3O5/c1-5-21(17(24)27-18(2,3)4)11-10-20-16(23)9-7-13-6-8-14(19)12-15(13)22(25)26/h6-9,12H,5,10-11H2,1-4H3,(H,20,23)/b9-7+. The van der Waals surface area contributed by atoms with Crippen LogP contribution in [0.4, 0.5) is 14.9 Å². The topological polar surface area (TPSA) is 102 Å². The summed E-state index contributed by atoms with van der Waals surface area (Å²) in [7, 11) is 0. The van der Waals surface area contributed by atoms with Gasteiger partial charge in [0.1, 0.15) is 11.4 Å². The van der Waals surface area contributed by atoms with Crippen LogP contribution >= 0.6 is 0 Å². The summed E-state index contributed by atoms with van der Waals surface area (Å²) in [4.78, 5) is 35.5. The molecule has 1 aromatic carbocycles. The first-order valence-corrected chi connectivity index (χ1v) is 8.41. The lowest BCUT2D eigenvalue weighted by molar-refractivity contribution is -0.385. The highest BCUT2D eigenvalue weighted by Gasteiger charge is 2.20. The minimum Gasteiger partial charge on any atom is -0.444 e. The van der Waals surface area contributed by atoms with Gasteiger partial charge in [0.15, 0.2) is 0 Å². The Morgan fingerprint density at radius 3 is 2.59 bits per heavy atom. The van der Waals surface area contributed by atoms with Crippen LogP contribution in [-0.4, -0.2) is 47.1 Å². The molecule has 0 bridgehead atoms. The molecule has 0 aromatic heterocycles. The summed E-state index contributed by atoms with van der Waals surface area (Å²) in [5.74, 6) is -1.22. The highest BCUT2D eigenvalue weighted by atomic mass is 19.1. The van der Waals surface area contributed by atoms with Crippen LogP contribution in [-0.2, 0) is 9.53 Å². The highest BCUT2D eigenvalue weighted by molar-refractivity contribution is 5.92. The molecule has 0 unspecified atom stereocenters. The van der Waals surface area contributed by atoms with E-state index in [1.165, 1.54) is 17.0 Å². The van der Waals surface area contributed by atoms with E-state index < -0.39 is 34.0 Å². The molecule has 1 rings (SSSR count). The number of ether oxygens (including phenoxy) is 1. The molecule has 0 heterocycles. The summed E-state index contributed by atoms with van der Waals surface area (Å²) in [6.45, 7) is 7.94. The second-order valence-corrected chi connectivity index (χ2v) is 6.64. The van der Waals surface area contributed by atoms with Gasteiger partial charge >= 0.3 is 6.09 Å². The lowest BCUT2D eigenvalue weighted by Gasteiger charge is -2.26. The number of carbonyl (C=O) groups excluding carboxylic acids is 2. The lowest BCUT2D eigenvalue weighted by atomic mass is 10.1. The van der Waals surface area contributed by atoms with Crippen molar-refractivity contribution in [3.63, 3.8) is 0 Å². The fourth-order valence-electron chi connectivity index (χ4n) is 2.06. The summed E-state index contributed by atoms with van der Waals surface area (Å²) in [5, 5.41) is 13.5. The van der Waals surface area contributed by atoms with Gasteiger partial charge in [-0.25, -0.2) is 9.18 Å². The molecule has 9 heteroatoms. The number of rotatable bonds is 7. The van der Waals surface area contributed by atoms with Gasteiger partial charge in [-0.15, -0.1) is 0 Å². The van der Waals surface area contributed by atoms with Crippen molar-refractivity contribution in [3.05, 3.63) is 45.8 Å². The van der Waals surface area contributed by atoms with Gasteiger partial charge in [0, 0.05) is 25.7 Å². The van der Waals surface area contributed by atoms with Crippen molar-refractivity contribution in [3.8, 4) is 0 Å². The quantitative estimate of drug-likeness (QED) is 0.444. The number of nitro groups is 1. The van der Waals surface area contributed by atoms with E-state index >= 15 is 0 Å². The van der Waals surface area contributed by atoms with Crippen molar-refractivity contribution in [1.82, 2.24) is 10.2 Å². The second-order valence-electron chi connectivity index (χ2n) is 6.64. The third-order valence-electron chi connectivity index (χ3n) is 3.32. The fourth-order valence-corrected chi connectivity index (χ4v) is 2.06. The maximum absolute atomic E-state index is 13.1. The molecular formula is C18H24FN3O5. The minimum absolute atomic E-state index is 0.112. The van der Waals surface area contributed by atoms with Crippen molar-refractivity contribution < 1.29 is 23.6 Å². The molecule has 0 radical (unpaired) electrons. The van der Waals surface area contributed by atoms with Crippen LogP contribution < -0.4 is 5.32 Å². The van der Waals surface area contributed by atoms with E-state index in [4.69, 9.17) is 4.74 Å². The average molecular weight is 381 g/mol. The Balaban J connectivity index is 2.59. The van der Waals surface area contributed by atoms with Crippen LogP contribution in [0.5, 0.6) is 0 Å². The van der Waals surface area contributed by atoms with E-state index in [9.17, 15) is 24.1 Å². The molecule has 27 heavy (non-hydrogen) atoms. The number of nitro benzene ring substituents is 1. The smallest absolute Gasteiger partial charge is 0.410 e. The Morgan fingerprint density at radius 2 is 2.04 bits per heavy atom. The van der Waals surface area contributed by atoms with Gasteiger partial charge in [0.2, 0.25) is 5.91 Å². The Bertz CT molecular complexity index is 728. The van der Waals surface area contributed by atoms with E-state index in [0.717, 1.165) is 18.2 Å². The largest absolute Gasteiger partial charge is 0.444 e. The molecule has 1 aromatic rings. The van der Waals surface area contributed by atoms with E-state index in [1.807, 2.05) is 0 Å². The van der Waals surface area contributed by atoms with Crippen LogP contribution in [0.1, 0.15) is 33.3 Å². The molecule has 1 N–H and O–H groups in total. The van der Waals surface area contributed by atoms with Gasteiger partial charge in [0.25, 0.3) is 5.69 Å². The number of hydrogen-bond acceptors (Lipinski definition) is 5. The molecule has 0 spiro atoms. The summed E-state index contributed by atoms with van der Waals surface area (Å²) in [6.07, 6.45) is 1.87. The average Bonchev–Trinajstić information content (AvgIpc) is 2.55. The maximum Gasteiger partial charge on any atom is 0.410 e. The molecular weight excluding hydrogens is 357 g/mol. The number of benzene rings is 1.